The first-order valence-corrected chi connectivity index (χ1v) is 1.38. The van der Waals surface area contributed by atoms with E-state index in [4.69, 9.17) is 5.73 Å². The van der Waals surface area contributed by atoms with Gasteiger partial charge >= 0.3 is 45.5 Å². The van der Waals surface area contributed by atoms with Crippen LogP contribution in [0, 0.1) is 0 Å². The maximum atomic E-state index is 4.96. The molecule has 1 aromatic heterocycles. The molecule has 7 heavy (non-hydrogen) atoms. The minimum Gasteiger partial charge on any atom is -1.00 e. The van der Waals surface area contributed by atoms with Gasteiger partial charge in [-0.05, 0) is 5.21 Å². The molecule has 0 spiro atoms. The number of H-pyrrole nitrogens is 1. The van der Waals surface area contributed by atoms with Crippen molar-refractivity contribution in [2.24, 2.45) is 0 Å². The first-order chi connectivity index (χ1) is 2.89. The summed E-state index contributed by atoms with van der Waals surface area (Å²) < 4.78 is 0. The van der Waals surface area contributed by atoms with Gasteiger partial charge in [0.1, 0.15) is 0 Å². The summed E-state index contributed by atoms with van der Waals surface area (Å²) in [5.41, 5.74) is 4.96. The number of nitrogens with two attached hydrogens (primary N) is 1. The number of aromatic amines is 1. The second-order valence-corrected chi connectivity index (χ2v) is 0.770. The summed E-state index contributed by atoms with van der Waals surface area (Å²) in [6, 6.07) is 0. The van der Waals surface area contributed by atoms with Crippen LogP contribution in [0.3, 0.4) is 0 Å². The summed E-state index contributed by atoms with van der Waals surface area (Å²) in [5.74, 6) is 0.176. The topological polar surface area (TPSA) is 80.5 Å². The van der Waals surface area contributed by atoms with Crippen molar-refractivity contribution in [2.75, 3.05) is 5.73 Å². The van der Waals surface area contributed by atoms with Crippen molar-refractivity contribution in [2.45, 2.75) is 0 Å². The van der Waals surface area contributed by atoms with Crippen molar-refractivity contribution >= 4 is 51.4 Å². The Morgan fingerprint density at radius 2 is 2.43 bits per heavy atom. The van der Waals surface area contributed by atoms with E-state index in [9.17, 15) is 0 Å². The summed E-state index contributed by atoms with van der Waals surface area (Å²) in [5, 5.41) is 12.0. The molecule has 0 aliphatic heterocycles. The van der Waals surface area contributed by atoms with Crippen molar-refractivity contribution in [1.29, 1.82) is 0 Å². The van der Waals surface area contributed by atoms with Gasteiger partial charge in [0, 0.05) is 0 Å². The number of anilines is 1. The van der Waals surface area contributed by atoms with E-state index in [1.165, 1.54) is 0 Å². The van der Waals surface area contributed by atoms with Gasteiger partial charge in [0.25, 0.3) is 5.95 Å². The second-order valence-electron chi connectivity index (χ2n) is 0.770. The first kappa shape index (κ1) is 7.35. The zero-order valence-electron chi connectivity index (χ0n) is 5.63. The molecule has 36 valence electrons. The predicted molar refractivity (Wildman–Crippen MR) is 26.6 cm³/mol. The standard InChI is InChI=1S/CH3N5.Sr.2H/c2-1-3-5-6-4-1;;;/h(H3,2,3,4,5,6);;;/q;+2;2*-1. The van der Waals surface area contributed by atoms with Gasteiger partial charge in [-0.25, -0.2) is 0 Å². The Balaban J connectivity index is -0.000000120. The van der Waals surface area contributed by atoms with Crippen LogP contribution in [0.1, 0.15) is 2.85 Å². The zero-order chi connectivity index (χ0) is 4.41. The number of nitrogens with zero attached hydrogens (tertiary/aromatic N) is 3. The minimum absolute atomic E-state index is 0. The van der Waals surface area contributed by atoms with E-state index in [-0.39, 0.29) is 54.3 Å². The largest absolute Gasteiger partial charge is 2.00 e. The summed E-state index contributed by atoms with van der Waals surface area (Å²) in [7, 11) is 0. The fraction of sp³-hybridized carbons (Fsp3) is 0. The third-order valence-electron chi connectivity index (χ3n) is 0.362. The molecule has 0 bridgehead atoms. The zero-order valence-corrected chi connectivity index (χ0v) is 7.10. The molecule has 0 aliphatic rings. The minimum atomic E-state index is 0. The van der Waals surface area contributed by atoms with Crippen molar-refractivity contribution < 1.29 is 2.85 Å². The first-order valence-electron chi connectivity index (χ1n) is 1.38. The van der Waals surface area contributed by atoms with Crippen LogP contribution in [0.2, 0.25) is 0 Å². The predicted octanol–water partition coefficient (Wildman–Crippen LogP) is -1.37. The number of hydrogen-bond acceptors (Lipinski definition) is 4. The van der Waals surface area contributed by atoms with Crippen molar-refractivity contribution in [3.8, 4) is 0 Å². The molecule has 6 heteroatoms. The van der Waals surface area contributed by atoms with Crippen LogP contribution in [0.5, 0.6) is 0 Å². The molecular formula is CH5N5Sr. The van der Waals surface area contributed by atoms with E-state index >= 15 is 0 Å². The summed E-state index contributed by atoms with van der Waals surface area (Å²) >= 11 is 0. The van der Waals surface area contributed by atoms with Crippen LogP contribution in [0.25, 0.3) is 0 Å². The molecule has 0 aliphatic carbocycles. The van der Waals surface area contributed by atoms with E-state index in [1.807, 2.05) is 0 Å². The van der Waals surface area contributed by atoms with Gasteiger partial charge in [-0.15, -0.1) is 5.10 Å². The second kappa shape index (κ2) is 3.36. The molecule has 1 aromatic rings. The molecule has 0 saturated carbocycles. The molecular weight excluding hydrogens is 170 g/mol. The monoisotopic (exact) mass is 175 g/mol. The number of rotatable bonds is 0. The van der Waals surface area contributed by atoms with Crippen LogP contribution in [-0.4, -0.2) is 66.1 Å². The molecule has 1 heterocycles. The Morgan fingerprint density at radius 1 is 1.71 bits per heavy atom. The molecule has 0 amide bonds. The Kier molecular flexibility index (Phi) is 3.53. The van der Waals surface area contributed by atoms with Gasteiger partial charge in [-0.2, -0.15) is 5.21 Å². The molecule has 0 radical (unpaired) electrons. The molecule has 0 fully saturated rings. The average molecular weight is 175 g/mol. The quantitative estimate of drug-likeness (QED) is 0.476. The summed E-state index contributed by atoms with van der Waals surface area (Å²) in [6.45, 7) is 0. The fourth-order valence-corrected chi connectivity index (χ4v) is 0.170. The van der Waals surface area contributed by atoms with Crippen molar-refractivity contribution in [3.63, 3.8) is 0 Å². The maximum Gasteiger partial charge on any atom is 2.00 e. The number of nitrogens with one attached hydrogen (secondary N) is 1. The summed E-state index contributed by atoms with van der Waals surface area (Å²) in [4.78, 5) is 0. The molecule has 0 unspecified atom stereocenters. The van der Waals surface area contributed by atoms with Crippen molar-refractivity contribution in [1.82, 2.24) is 20.6 Å². The fourth-order valence-electron chi connectivity index (χ4n) is 0.170. The van der Waals surface area contributed by atoms with E-state index in [0.717, 1.165) is 0 Å². The Labute approximate surface area is 79.9 Å². The van der Waals surface area contributed by atoms with Gasteiger partial charge in [-0.1, -0.05) is 5.10 Å². The van der Waals surface area contributed by atoms with Crippen LogP contribution in [0.15, 0.2) is 0 Å². The van der Waals surface area contributed by atoms with Crippen LogP contribution in [-0.2, 0) is 0 Å². The number of nitrogen functional groups attached to an aromatic ring is 1. The number of hydrogen-bond donors (Lipinski definition) is 2. The van der Waals surface area contributed by atoms with Gasteiger partial charge < -0.3 is 8.59 Å². The SMILES string of the molecule is Nc1nn[nH]n1.[H-].[H-].[Sr+2]. The number of tetrazole rings is 1. The average Bonchev–Trinajstić information content (AvgIpc) is 1.86. The molecule has 1 rings (SSSR count). The third kappa shape index (κ3) is 2.22. The van der Waals surface area contributed by atoms with Gasteiger partial charge in [-0.3, -0.25) is 0 Å². The molecule has 5 nitrogen and oxygen atoms in total. The maximum absolute atomic E-state index is 4.96. The third-order valence-corrected chi connectivity index (χ3v) is 0.362. The van der Waals surface area contributed by atoms with Gasteiger partial charge in [0.05, 0.1) is 0 Å². The smallest absolute Gasteiger partial charge is 1.00 e. The van der Waals surface area contributed by atoms with Gasteiger partial charge in [0.15, 0.2) is 0 Å². The number of aromatic nitrogens is 4. The molecule has 0 aromatic carbocycles. The summed E-state index contributed by atoms with van der Waals surface area (Å²) in [6.07, 6.45) is 0. The van der Waals surface area contributed by atoms with E-state index in [2.05, 4.69) is 20.6 Å². The van der Waals surface area contributed by atoms with E-state index in [1.54, 1.807) is 0 Å². The Bertz CT molecular complexity index is 119. The van der Waals surface area contributed by atoms with E-state index in [0.29, 0.717) is 0 Å². The van der Waals surface area contributed by atoms with Gasteiger partial charge in [0.2, 0.25) is 0 Å². The van der Waals surface area contributed by atoms with Crippen LogP contribution >= 0.6 is 0 Å². The molecule has 0 atom stereocenters. The molecule has 0 saturated heterocycles. The van der Waals surface area contributed by atoms with Crippen molar-refractivity contribution in [3.05, 3.63) is 0 Å². The molecule has 3 N–H and O–H groups in total. The Morgan fingerprint density at radius 3 is 2.57 bits per heavy atom. The van der Waals surface area contributed by atoms with E-state index < -0.39 is 0 Å². The van der Waals surface area contributed by atoms with Crippen LogP contribution < -0.4 is 5.73 Å². The Hall–Kier alpha value is 0.351. The normalized spacial score (nSPS) is 7.43. The van der Waals surface area contributed by atoms with Crippen LogP contribution in [0.4, 0.5) is 5.95 Å².